The van der Waals surface area contributed by atoms with E-state index in [0.717, 1.165) is 5.56 Å². The van der Waals surface area contributed by atoms with Crippen LogP contribution in [0.2, 0.25) is 5.02 Å². The normalized spacial score (nSPS) is 10.8. The molecule has 0 atom stereocenters. The molecule has 0 N–H and O–H groups in total. The van der Waals surface area contributed by atoms with Crippen LogP contribution in [0.5, 0.6) is 0 Å². The highest BCUT2D eigenvalue weighted by molar-refractivity contribution is 6.30. The van der Waals surface area contributed by atoms with Crippen molar-refractivity contribution in [1.29, 1.82) is 0 Å². The smallest absolute Gasteiger partial charge is 0.344 e. The maximum Gasteiger partial charge on any atom is 0.344 e. The fourth-order valence-corrected chi connectivity index (χ4v) is 2.30. The molecule has 0 fully saturated rings. The van der Waals surface area contributed by atoms with Gasteiger partial charge in [-0.1, -0.05) is 23.7 Å². The van der Waals surface area contributed by atoms with Crippen molar-refractivity contribution in [2.45, 2.75) is 13.5 Å². The first-order chi connectivity index (χ1) is 10.1. The van der Waals surface area contributed by atoms with Crippen LogP contribution in [-0.4, -0.2) is 20.6 Å². The quantitative estimate of drug-likeness (QED) is 0.698. The van der Waals surface area contributed by atoms with Gasteiger partial charge in [0.2, 0.25) is 0 Å². The summed E-state index contributed by atoms with van der Waals surface area (Å²) < 4.78 is 6.89. The van der Waals surface area contributed by atoms with Gasteiger partial charge in [0.1, 0.15) is 12.2 Å². The molecule has 1 aromatic carbocycles. The van der Waals surface area contributed by atoms with Gasteiger partial charge >= 0.3 is 5.97 Å². The van der Waals surface area contributed by atoms with Crippen LogP contribution in [0.3, 0.4) is 0 Å². The second-order valence-corrected chi connectivity index (χ2v) is 4.99. The lowest BCUT2D eigenvalue weighted by Crippen LogP contribution is -2.07. The van der Waals surface area contributed by atoms with Crippen molar-refractivity contribution in [2.24, 2.45) is 0 Å². The number of carbonyl (C=O) groups excluding carboxylic acids is 1. The summed E-state index contributed by atoms with van der Waals surface area (Å²) in [6, 6.07) is 8.94. The minimum atomic E-state index is -0.443. The van der Waals surface area contributed by atoms with Gasteiger partial charge in [-0.05, 0) is 30.7 Å². The van der Waals surface area contributed by atoms with Gasteiger partial charge in [-0.2, -0.15) is 5.10 Å². The first-order valence-corrected chi connectivity index (χ1v) is 6.74. The molecule has 6 heteroatoms. The number of fused-ring (bicyclic) bond motifs is 1. The van der Waals surface area contributed by atoms with Gasteiger partial charge in [0.25, 0.3) is 0 Å². The monoisotopic (exact) mass is 301 g/mol. The summed E-state index contributed by atoms with van der Waals surface area (Å²) in [6.07, 6.45) is 3.35. The summed E-state index contributed by atoms with van der Waals surface area (Å²) in [5.41, 5.74) is 2.30. The third-order valence-electron chi connectivity index (χ3n) is 3.03. The average Bonchev–Trinajstić information content (AvgIpc) is 2.81. The first kappa shape index (κ1) is 13.6. The van der Waals surface area contributed by atoms with Gasteiger partial charge in [0, 0.05) is 17.4 Å². The molecule has 5 nitrogen and oxygen atoms in total. The Morgan fingerprint density at radius 3 is 3.05 bits per heavy atom. The molecular formula is C15H12ClN3O2. The van der Waals surface area contributed by atoms with Crippen LogP contribution in [0.15, 0.2) is 42.7 Å². The number of rotatable bonds is 3. The van der Waals surface area contributed by atoms with Gasteiger partial charge in [0.15, 0.2) is 5.65 Å². The number of esters is 1. The number of nitrogens with zero attached hydrogens (tertiary/aromatic N) is 3. The van der Waals surface area contributed by atoms with E-state index in [1.54, 1.807) is 42.0 Å². The van der Waals surface area contributed by atoms with Crippen molar-refractivity contribution in [3.63, 3.8) is 0 Å². The Bertz CT molecular complexity index is 814. The Balaban J connectivity index is 1.83. The minimum absolute atomic E-state index is 0.156. The summed E-state index contributed by atoms with van der Waals surface area (Å²) in [4.78, 5) is 16.4. The molecule has 21 heavy (non-hydrogen) atoms. The summed E-state index contributed by atoms with van der Waals surface area (Å²) >= 11 is 5.90. The lowest BCUT2D eigenvalue weighted by molar-refractivity contribution is 0.0474. The molecule has 0 amide bonds. The van der Waals surface area contributed by atoms with Gasteiger partial charge in [0.05, 0.1) is 5.69 Å². The van der Waals surface area contributed by atoms with Gasteiger partial charge < -0.3 is 4.74 Å². The standard InChI is InChI=1S/C15H12ClN3O2/c1-10-13(14-17-6-3-7-19(14)18-10)15(20)21-9-11-4-2-5-12(16)8-11/h2-8H,9H2,1H3. The van der Waals surface area contributed by atoms with Gasteiger partial charge in [-0.3, -0.25) is 0 Å². The molecule has 0 aliphatic carbocycles. The fraction of sp³-hybridized carbons (Fsp3) is 0.133. The number of halogens is 1. The molecule has 0 saturated carbocycles. The zero-order valence-corrected chi connectivity index (χ0v) is 12.0. The zero-order valence-electron chi connectivity index (χ0n) is 11.3. The molecule has 2 aromatic heterocycles. The highest BCUT2D eigenvalue weighted by Crippen LogP contribution is 2.16. The third kappa shape index (κ3) is 2.73. The van der Waals surface area contributed by atoms with Crippen LogP contribution in [0.25, 0.3) is 5.65 Å². The van der Waals surface area contributed by atoms with Crippen molar-refractivity contribution < 1.29 is 9.53 Å². The zero-order chi connectivity index (χ0) is 14.8. The summed E-state index contributed by atoms with van der Waals surface area (Å²) in [6.45, 7) is 1.91. The fourth-order valence-electron chi connectivity index (χ4n) is 2.08. The Morgan fingerprint density at radius 1 is 1.38 bits per heavy atom. The summed E-state index contributed by atoms with van der Waals surface area (Å²) in [5.74, 6) is -0.443. The summed E-state index contributed by atoms with van der Waals surface area (Å²) in [7, 11) is 0. The number of hydrogen-bond acceptors (Lipinski definition) is 4. The highest BCUT2D eigenvalue weighted by Gasteiger charge is 2.19. The Kier molecular flexibility index (Phi) is 3.58. The van der Waals surface area contributed by atoms with Crippen LogP contribution >= 0.6 is 11.6 Å². The van der Waals surface area contributed by atoms with E-state index >= 15 is 0 Å². The lowest BCUT2D eigenvalue weighted by atomic mass is 10.2. The van der Waals surface area contributed by atoms with E-state index in [-0.39, 0.29) is 6.61 Å². The molecule has 2 heterocycles. The molecule has 0 saturated heterocycles. The molecular weight excluding hydrogens is 290 g/mol. The molecule has 0 bridgehead atoms. The van der Waals surface area contributed by atoms with E-state index in [9.17, 15) is 4.79 Å². The van der Waals surface area contributed by atoms with Crippen molar-refractivity contribution >= 4 is 23.2 Å². The Hall–Kier alpha value is -2.40. The molecule has 0 aliphatic heterocycles. The van der Waals surface area contributed by atoms with Crippen LogP contribution in [0.1, 0.15) is 21.6 Å². The summed E-state index contributed by atoms with van der Waals surface area (Å²) in [5, 5.41) is 4.84. The predicted octanol–water partition coefficient (Wildman–Crippen LogP) is 3.05. The number of hydrogen-bond donors (Lipinski definition) is 0. The number of aryl methyl sites for hydroxylation is 1. The van der Waals surface area contributed by atoms with Crippen molar-refractivity contribution in [1.82, 2.24) is 14.6 Å². The molecule has 0 spiro atoms. The number of benzene rings is 1. The van der Waals surface area contributed by atoms with Gasteiger partial charge in [-0.15, -0.1) is 0 Å². The molecule has 0 radical (unpaired) electrons. The van der Waals surface area contributed by atoms with Crippen LogP contribution in [0, 0.1) is 6.92 Å². The third-order valence-corrected chi connectivity index (χ3v) is 3.27. The maximum atomic E-state index is 12.3. The van der Waals surface area contributed by atoms with Gasteiger partial charge in [-0.25, -0.2) is 14.3 Å². The van der Waals surface area contributed by atoms with Crippen LogP contribution in [0.4, 0.5) is 0 Å². The maximum absolute atomic E-state index is 12.3. The largest absolute Gasteiger partial charge is 0.457 e. The number of ether oxygens (including phenoxy) is 1. The predicted molar refractivity (Wildman–Crippen MR) is 78.3 cm³/mol. The SMILES string of the molecule is Cc1nn2cccnc2c1C(=O)OCc1cccc(Cl)c1. The molecule has 0 unspecified atom stereocenters. The highest BCUT2D eigenvalue weighted by atomic mass is 35.5. The topological polar surface area (TPSA) is 56.5 Å². The van der Waals surface area contributed by atoms with E-state index in [1.165, 1.54) is 0 Å². The van der Waals surface area contributed by atoms with Crippen molar-refractivity contribution in [3.8, 4) is 0 Å². The second-order valence-electron chi connectivity index (χ2n) is 4.55. The number of carbonyl (C=O) groups is 1. The molecule has 3 aromatic rings. The van der Waals surface area contributed by atoms with Crippen LogP contribution < -0.4 is 0 Å². The van der Waals surface area contributed by atoms with Crippen molar-refractivity contribution in [3.05, 3.63) is 64.6 Å². The first-order valence-electron chi connectivity index (χ1n) is 6.36. The van der Waals surface area contributed by atoms with E-state index in [1.807, 2.05) is 12.1 Å². The van der Waals surface area contributed by atoms with E-state index in [2.05, 4.69) is 10.1 Å². The molecule has 106 valence electrons. The molecule has 0 aliphatic rings. The van der Waals surface area contributed by atoms with Crippen LogP contribution in [-0.2, 0) is 11.3 Å². The lowest BCUT2D eigenvalue weighted by Gasteiger charge is -2.04. The van der Waals surface area contributed by atoms with E-state index in [0.29, 0.717) is 21.9 Å². The van der Waals surface area contributed by atoms with Crippen molar-refractivity contribution in [2.75, 3.05) is 0 Å². The van der Waals surface area contributed by atoms with E-state index in [4.69, 9.17) is 16.3 Å². The average molecular weight is 302 g/mol. The Labute approximate surface area is 126 Å². The molecule has 3 rings (SSSR count). The Morgan fingerprint density at radius 2 is 2.24 bits per heavy atom. The number of aromatic nitrogens is 3. The minimum Gasteiger partial charge on any atom is -0.457 e. The second kappa shape index (κ2) is 5.54. The van der Waals surface area contributed by atoms with E-state index < -0.39 is 5.97 Å².